The second-order valence-electron chi connectivity index (χ2n) is 6.22. The molecule has 1 N–H and O–H groups in total. The molecule has 6 heteroatoms. The fourth-order valence-corrected chi connectivity index (χ4v) is 3.10. The van der Waals surface area contributed by atoms with Gasteiger partial charge in [0.25, 0.3) is 5.91 Å². The number of nitrogens with zero attached hydrogens (tertiary/aromatic N) is 4. The lowest BCUT2D eigenvalue weighted by Gasteiger charge is -2.20. The van der Waals surface area contributed by atoms with Gasteiger partial charge in [0.15, 0.2) is 11.6 Å². The summed E-state index contributed by atoms with van der Waals surface area (Å²) in [6, 6.07) is 16.2. The number of benzene rings is 2. The van der Waals surface area contributed by atoms with Crippen molar-refractivity contribution in [3.63, 3.8) is 0 Å². The number of amides is 1. The molecule has 1 fully saturated rings. The first-order valence-corrected chi connectivity index (χ1v) is 8.58. The highest BCUT2D eigenvalue weighted by Crippen LogP contribution is 2.28. The molecule has 1 amide bonds. The van der Waals surface area contributed by atoms with E-state index in [-0.39, 0.29) is 5.91 Å². The number of anilines is 2. The molecular formula is C20H17N5O. The highest BCUT2D eigenvalue weighted by atomic mass is 16.1. The number of nitriles is 1. The number of fused-ring (bicyclic) bond motifs is 1. The summed E-state index contributed by atoms with van der Waals surface area (Å²) >= 11 is 0. The van der Waals surface area contributed by atoms with E-state index in [1.54, 1.807) is 24.3 Å². The normalized spacial score (nSPS) is 13.6. The first-order chi connectivity index (χ1) is 12.7. The highest BCUT2D eigenvalue weighted by Gasteiger charge is 2.21. The molecule has 1 aromatic heterocycles. The lowest BCUT2D eigenvalue weighted by molar-refractivity contribution is 0.102. The van der Waals surface area contributed by atoms with Crippen LogP contribution in [0.2, 0.25) is 0 Å². The molecule has 4 rings (SSSR count). The minimum Gasteiger partial charge on any atom is -0.354 e. The Morgan fingerprint density at radius 2 is 1.65 bits per heavy atom. The van der Waals surface area contributed by atoms with Crippen molar-refractivity contribution in [1.29, 1.82) is 5.26 Å². The van der Waals surface area contributed by atoms with Crippen LogP contribution in [0.15, 0.2) is 48.5 Å². The Labute approximate surface area is 151 Å². The maximum Gasteiger partial charge on any atom is 0.256 e. The quantitative estimate of drug-likeness (QED) is 0.788. The molecule has 0 spiro atoms. The molecule has 0 radical (unpaired) electrons. The van der Waals surface area contributed by atoms with Gasteiger partial charge in [-0.05, 0) is 49.2 Å². The van der Waals surface area contributed by atoms with Crippen LogP contribution in [0.5, 0.6) is 0 Å². The third kappa shape index (κ3) is 3.07. The number of nitrogens with one attached hydrogen (secondary N) is 1. The average molecular weight is 343 g/mol. The summed E-state index contributed by atoms with van der Waals surface area (Å²) in [5, 5.41) is 11.8. The van der Waals surface area contributed by atoms with E-state index in [2.05, 4.69) is 15.2 Å². The van der Waals surface area contributed by atoms with Crippen LogP contribution in [0.4, 0.5) is 11.6 Å². The summed E-state index contributed by atoms with van der Waals surface area (Å²) in [5.74, 6) is 0.919. The molecule has 1 saturated heterocycles. The SMILES string of the molecule is N#Cc1ccc(C(=O)Nc2nc3ccccc3nc2N2CCCC2)cc1. The lowest BCUT2D eigenvalue weighted by atomic mass is 10.1. The zero-order chi connectivity index (χ0) is 17.9. The number of aromatic nitrogens is 2. The fourth-order valence-electron chi connectivity index (χ4n) is 3.10. The Morgan fingerprint density at radius 3 is 2.31 bits per heavy atom. The molecule has 1 aliphatic rings. The van der Waals surface area contributed by atoms with E-state index in [4.69, 9.17) is 10.2 Å². The van der Waals surface area contributed by atoms with Gasteiger partial charge in [0.2, 0.25) is 0 Å². The minimum absolute atomic E-state index is 0.264. The second kappa shape index (κ2) is 6.81. The van der Waals surface area contributed by atoms with Gasteiger partial charge in [-0.1, -0.05) is 12.1 Å². The van der Waals surface area contributed by atoms with Gasteiger partial charge in [-0.3, -0.25) is 4.79 Å². The van der Waals surface area contributed by atoms with Crippen LogP contribution in [-0.4, -0.2) is 29.0 Å². The van der Waals surface area contributed by atoms with Crippen LogP contribution < -0.4 is 10.2 Å². The Balaban J connectivity index is 1.70. The van der Waals surface area contributed by atoms with Crippen LogP contribution >= 0.6 is 0 Å². The molecule has 0 unspecified atom stereocenters. The maximum atomic E-state index is 12.6. The standard InChI is InChI=1S/C20H17N5O/c21-13-14-7-9-15(10-8-14)20(26)24-18-19(25-11-3-4-12-25)23-17-6-2-1-5-16(17)22-18/h1-2,5-10H,3-4,11-12H2,(H,22,24,26). The van der Waals surface area contributed by atoms with Gasteiger partial charge in [-0.15, -0.1) is 0 Å². The number of hydrogen-bond donors (Lipinski definition) is 1. The third-order valence-electron chi connectivity index (χ3n) is 4.47. The van der Waals surface area contributed by atoms with Gasteiger partial charge in [0.05, 0.1) is 22.7 Å². The summed E-state index contributed by atoms with van der Waals surface area (Å²) < 4.78 is 0. The molecule has 0 aliphatic carbocycles. The first kappa shape index (κ1) is 16.0. The number of carbonyl (C=O) groups is 1. The predicted octanol–water partition coefficient (Wildman–Crippen LogP) is 3.35. The summed E-state index contributed by atoms with van der Waals surface area (Å²) in [5.41, 5.74) is 2.55. The summed E-state index contributed by atoms with van der Waals surface area (Å²) in [6.07, 6.45) is 2.22. The predicted molar refractivity (Wildman–Crippen MR) is 100 cm³/mol. The molecule has 3 aromatic rings. The monoisotopic (exact) mass is 343 g/mol. The number of carbonyl (C=O) groups excluding carboxylic acids is 1. The second-order valence-corrected chi connectivity index (χ2v) is 6.22. The van der Waals surface area contributed by atoms with E-state index in [9.17, 15) is 4.79 Å². The molecular weight excluding hydrogens is 326 g/mol. The van der Waals surface area contributed by atoms with Crippen molar-refractivity contribution in [2.24, 2.45) is 0 Å². The summed E-state index contributed by atoms with van der Waals surface area (Å²) in [6.45, 7) is 1.82. The van der Waals surface area contributed by atoms with Crippen molar-refractivity contribution in [2.75, 3.05) is 23.3 Å². The average Bonchev–Trinajstić information content (AvgIpc) is 3.22. The van der Waals surface area contributed by atoms with Crippen LogP contribution in [0.1, 0.15) is 28.8 Å². The zero-order valence-corrected chi connectivity index (χ0v) is 14.1. The van der Waals surface area contributed by atoms with E-state index < -0.39 is 0 Å². The number of para-hydroxylation sites is 2. The van der Waals surface area contributed by atoms with Crippen molar-refractivity contribution in [2.45, 2.75) is 12.8 Å². The molecule has 0 saturated carbocycles. The Hall–Kier alpha value is -3.46. The van der Waals surface area contributed by atoms with E-state index in [0.717, 1.165) is 37.0 Å². The van der Waals surface area contributed by atoms with Gasteiger partial charge >= 0.3 is 0 Å². The topological polar surface area (TPSA) is 81.9 Å². The van der Waals surface area contributed by atoms with Gasteiger partial charge in [0, 0.05) is 18.7 Å². The van der Waals surface area contributed by atoms with Gasteiger partial charge in [-0.25, -0.2) is 9.97 Å². The minimum atomic E-state index is -0.264. The van der Waals surface area contributed by atoms with Crippen molar-refractivity contribution in [3.05, 3.63) is 59.7 Å². The molecule has 0 atom stereocenters. The van der Waals surface area contributed by atoms with Crippen molar-refractivity contribution >= 4 is 28.6 Å². The molecule has 2 heterocycles. The van der Waals surface area contributed by atoms with Crippen LogP contribution in [0.3, 0.4) is 0 Å². The smallest absolute Gasteiger partial charge is 0.256 e. The summed E-state index contributed by atoms with van der Waals surface area (Å²) in [7, 11) is 0. The molecule has 26 heavy (non-hydrogen) atoms. The third-order valence-corrected chi connectivity index (χ3v) is 4.47. The highest BCUT2D eigenvalue weighted by molar-refractivity contribution is 6.05. The van der Waals surface area contributed by atoms with Crippen LogP contribution in [-0.2, 0) is 0 Å². The van der Waals surface area contributed by atoms with Gasteiger partial charge < -0.3 is 10.2 Å². The molecule has 128 valence electrons. The Bertz CT molecular complexity index is 1000. The fraction of sp³-hybridized carbons (Fsp3) is 0.200. The lowest BCUT2D eigenvalue weighted by Crippen LogP contribution is -2.23. The van der Waals surface area contributed by atoms with E-state index in [0.29, 0.717) is 22.8 Å². The van der Waals surface area contributed by atoms with Gasteiger partial charge in [0.1, 0.15) is 0 Å². The largest absolute Gasteiger partial charge is 0.354 e. The van der Waals surface area contributed by atoms with Crippen molar-refractivity contribution in [1.82, 2.24) is 9.97 Å². The molecule has 2 aromatic carbocycles. The van der Waals surface area contributed by atoms with Crippen LogP contribution in [0.25, 0.3) is 11.0 Å². The Kier molecular flexibility index (Phi) is 4.20. The van der Waals surface area contributed by atoms with Gasteiger partial charge in [-0.2, -0.15) is 5.26 Å². The molecule has 0 bridgehead atoms. The number of hydrogen-bond acceptors (Lipinski definition) is 5. The number of rotatable bonds is 3. The van der Waals surface area contributed by atoms with E-state index >= 15 is 0 Å². The van der Waals surface area contributed by atoms with E-state index in [1.807, 2.05) is 30.3 Å². The maximum absolute atomic E-state index is 12.6. The zero-order valence-electron chi connectivity index (χ0n) is 14.1. The molecule has 1 aliphatic heterocycles. The Morgan fingerprint density at radius 1 is 1.00 bits per heavy atom. The van der Waals surface area contributed by atoms with Crippen molar-refractivity contribution in [3.8, 4) is 6.07 Å². The van der Waals surface area contributed by atoms with Crippen molar-refractivity contribution < 1.29 is 4.79 Å². The first-order valence-electron chi connectivity index (χ1n) is 8.58. The molecule has 6 nitrogen and oxygen atoms in total. The summed E-state index contributed by atoms with van der Waals surface area (Å²) in [4.78, 5) is 24.2. The van der Waals surface area contributed by atoms with E-state index in [1.165, 1.54) is 0 Å². The van der Waals surface area contributed by atoms with Crippen LogP contribution in [0, 0.1) is 11.3 Å².